The maximum atomic E-state index is 13.7. The highest BCUT2D eigenvalue weighted by Crippen LogP contribution is 2.33. The fourth-order valence-electron chi connectivity index (χ4n) is 1.99. The maximum Gasteiger partial charge on any atom is 0.310 e. The summed E-state index contributed by atoms with van der Waals surface area (Å²) >= 11 is 0. The second-order valence-electron chi connectivity index (χ2n) is 4.54. The van der Waals surface area contributed by atoms with Crippen molar-refractivity contribution in [3.05, 3.63) is 66.6 Å². The Morgan fingerprint density at radius 3 is 2.52 bits per heavy atom. The van der Waals surface area contributed by atoms with Gasteiger partial charge in [0.15, 0.2) is 11.4 Å². The van der Waals surface area contributed by atoms with Gasteiger partial charge >= 0.3 is 6.08 Å². The normalized spacial score (nSPS) is 10.3. The molecule has 114 valence electrons. The smallest absolute Gasteiger partial charge is 0.310 e. The van der Waals surface area contributed by atoms with Crippen molar-refractivity contribution in [1.29, 1.82) is 0 Å². The third kappa shape index (κ3) is 3.13. The summed E-state index contributed by atoms with van der Waals surface area (Å²) in [6.45, 7) is 0. The van der Waals surface area contributed by atoms with Gasteiger partial charge in [0.05, 0.1) is 0 Å². The van der Waals surface area contributed by atoms with Crippen molar-refractivity contribution in [3.63, 3.8) is 0 Å². The predicted molar refractivity (Wildman–Crippen MR) is 80.3 cm³/mol. The fourth-order valence-corrected chi connectivity index (χ4v) is 1.99. The number of hydrogen-bond donors (Lipinski definition) is 1. The number of nitrogens with two attached hydrogens (primary N) is 1. The number of rotatable bonds is 4. The minimum Gasteiger partial charge on any atom is -0.453 e. The van der Waals surface area contributed by atoms with E-state index in [1.54, 1.807) is 42.6 Å². The predicted octanol–water partition coefficient (Wildman–Crippen LogP) is 2.57. The molecule has 0 saturated heterocycles. The first-order valence-corrected chi connectivity index (χ1v) is 6.66. The largest absolute Gasteiger partial charge is 0.453 e. The van der Waals surface area contributed by atoms with Crippen LogP contribution >= 0.6 is 0 Å². The maximum absolute atomic E-state index is 13.7. The van der Waals surface area contributed by atoms with Gasteiger partial charge in [-0.25, -0.2) is 0 Å². The Morgan fingerprint density at radius 1 is 1.09 bits per heavy atom. The lowest BCUT2D eigenvalue weighted by Gasteiger charge is -2.12. The van der Waals surface area contributed by atoms with Gasteiger partial charge < -0.3 is 10.5 Å². The van der Waals surface area contributed by atoms with Crippen LogP contribution in [0.4, 0.5) is 4.39 Å². The van der Waals surface area contributed by atoms with Crippen molar-refractivity contribution < 1.29 is 13.9 Å². The summed E-state index contributed by atoms with van der Waals surface area (Å²) in [4.78, 5) is 22.8. The summed E-state index contributed by atoms with van der Waals surface area (Å²) in [5.41, 5.74) is 5.53. The molecule has 0 bridgehead atoms. The van der Waals surface area contributed by atoms with Crippen LogP contribution < -0.4 is 10.5 Å². The van der Waals surface area contributed by atoms with Crippen LogP contribution in [0.1, 0.15) is 10.5 Å². The van der Waals surface area contributed by atoms with Crippen LogP contribution in [0.3, 0.4) is 0 Å². The van der Waals surface area contributed by atoms with Crippen LogP contribution in [0.2, 0.25) is 0 Å². The number of para-hydroxylation sites is 1. The van der Waals surface area contributed by atoms with E-state index in [9.17, 15) is 9.18 Å². The van der Waals surface area contributed by atoms with Crippen molar-refractivity contribution in [3.8, 4) is 22.8 Å². The molecule has 0 atom stereocenters. The molecule has 2 N–H and O–H groups in total. The van der Waals surface area contributed by atoms with E-state index >= 15 is 0 Å². The molecule has 23 heavy (non-hydrogen) atoms. The first-order chi connectivity index (χ1) is 11.1. The van der Waals surface area contributed by atoms with E-state index in [4.69, 9.17) is 10.5 Å². The number of aromatic nitrogens is 3. The Balaban J connectivity index is 2.20. The molecule has 0 fully saturated rings. The Labute approximate surface area is 130 Å². The van der Waals surface area contributed by atoms with Crippen molar-refractivity contribution in [2.45, 2.75) is 0 Å². The molecule has 3 aromatic rings. The molecule has 0 aliphatic heterocycles. The third-order valence-electron chi connectivity index (χ3n) is 2.97. The van der Waals surface area contributed by atoms with Gasteiger partial charge in [0.2, 0.25) is 0 Å². The average molecular weight is 310 g/mol. The molecule has 0 aliphatic rings. The SMILES string of the molecule is NC(=O)c1nc(F)nc(-c2cccnc2)c1Oc1ccccc1. The van der Waals surface area contributed by atoms with Crippen LogP contribution in [0, 0.1) is 6.08 Å². The van der Waals surface area contributed by atoms with Gasteiger partial charge in [0.25, 0.3) is 5.91 Å². The molecular weight excluding hydrogens is 299 g/mol. The Morgan fingerprint density at radius 2 is 1.87 bits per heavy atom. The van der Waals surface area contributed by atoms with E-state index in [2.05, 4.69) is 15.0 Å². The second kappa shape index (κ2) is 6.18. The lowest BCUT2D eigenvalue weighted by atomic mass is 10.1. The molecule has 0 unspecified atom stereocenters. The summed E-state index contributed by atoms with van der Waals surface area (Å²) in [6.07, 6.45) is 1.97. The first kappa shape index (κ1) is 14.6. The van der Waals surface area contributed by atoms with Gasteiger partial charge in [-0.15, -0.1) is 0 Å². The highest BCUT2D eigenvalue weighted by atomic mass is 19.1. The number of primary amides is 1. The molecule has 0 spiro atoms. The van der Waals surface area contributed by atoms with Crippen molar-refractivity contribution in [2.24, 2.45) is 5.73 Å². The minimum absolute atomic E-state index is 0.0156. The summed E-state index contributed by atoms with van der Waals surface area (Å²) in [6, 6.07) is 12.0. The molecule has 2 aromatic heterocycles. The Bertz CT molecular complexity index is 841. The molecule has 0 aliphatic carbocycles. The zero-order chi connectivity index (χ0) is 16.2. The molecule has 0 radical (unpaired) electrons. The number of halogens is 1. The second-order valence-corrected chi connectivity index (χ2v) is 4.54. The van der Waals surface area contributed by atoms with Crippen molar-refractivity contribution in [1.82, 2.24) is 15.0 Å². The molecule has 3 rings (SSSR count). The summed E-state index contributed by atoms with van der Waals surface area (Å²) in [7, 11) is 0. The summed E-state index contributed by atoms with van der Waals surface area (Å²) < 4.78 is 19.4. The fraction of sp³-hybridized carbons (Fsp3) is 0. The van der Waals surface area contributed by atoms with Crippen LogP contribution in [0.15, 0.2) is 54.9 Å². The zero-order valence-corrected chi connectivity index (χ0v) is 11.8. The Hall–Kier alpha value is -3.35. The lowest BCUT2D eigenvalue weighted by molar-refractivity contribution is 0.0991. The molecule has 2 heterocycles. The number of carbonyl (C=O) groups excluding carboxylic acids is 1. The monoisotopic (exact) mass is 310 g/mol. The number of carbonyl (C=O) groups is 1. The highest BCUT2D eigenvalue weighted by Gasteiger charge is 2.22. The van der Waals surface area contributed by atoms with Crippen LogP contribution in [-0.4, -0.2) is 20.9 Å². The van der Waals surface area contributed by atoms with Crippen LogP contribution in [0.25, 0.3) is 11.3 Å². The highest BCUT2D eigenvalue weighted by molar-refractivity contribution is 5.95. The molecular formula is C16H11FN4O2. The van der Waals surface area contributed by atoms with Crippen molar-refractivity contribution in [2.75, 3.05) is 0 Å². The molecule has 6 nitrogen and oxygen atoms in total. The van der Waals surface area contributed by atoms with Gasteiger partial charge in [-0.3, -0.25) is 9.78 Å². The quantitative estimate of drug-likeness (QED) is 0.748. The van der Waals surface area contributed by atoms with Crippen LogP contribution in [0.5, 0.6) is 11.5 Å². The number of benzene rings is 1. The summed E-state index contributed by atoms with van der Waals surface area (Å²) in [5, 5.41) is 0. The van der Waals surface area contributed by atoms with Gasteiger partial charge in [0.1, 0.15) is 11.4 Å². The molecule has 7 heteroatoms. The number of nitrogens with zero attached hydrogens (tertiary/aromatic N) is 3. The standard InChI is InChI=1S/C16H11FN4O2/c17-16-20-12(10-5-4-8-19-9-10)14(13(21-16)15(18)22)23-11-6-2-1-3-7-11/h1-9H,(H2,18,22). The lowest BCUT2D eigenvalue weighted by Crippen LogP contribution is -2.17. The number of pyridine rings is 1. The third-order valence-corrected chi connectivity index (χ3v) is 2.97. The number of amides is 1. The zero-order valence-electron chi connectivity index (χ0n) is 11.8. The van der Waals surface area contributed by atoms with Crippen molar-refractivity contribution >= 4 is 5.91 Å². The van der Waals surface area contributed by atoms with E-state index in [0.717, 1.165) is 0 Å². The summed E-state index contributed by atoms with van der Waals surface area (Å²) in [5.74, 6) is -0.490. The van der Waals surface area contributed by atoms with Gasteiger partial charge in [-0.05, 0) is 24.3 Å². The average Bonchev–Trinajstić information content (AvgIpc) is 2.57. The van der Waals surface area contributed by atoms with E-state index < -0.39 is 12.0 Å². The molecule has 1 amide bonds. The number of hydrogen-bond acceptors (Lipinski definition) is 5. The van der Waals surface area contributed by atoms with Crippen LogP contribution in [-0.2, 0) is 0 Å². The minimum atomic E-state index is -1.07. The van der Waals surface area contributed by atoms with Gasteiger partial charge in [0, 0.05) is 18.0 Å². The van der Waals surface area contributed by atoms with E-state index in [1.165, 1.54) is 6.20 Å². The van der Waals surface area contributed by atoms with E-state index in [1.807, 2.05) is 6.07 Å². The molecule has 1 aromatic carbocycles. The van der Waals surface area contributed by atoms with Gasteiger partial charge in [-0.1, -0.05) is 18.2 Å². The first-order valence-electron chi connectivity index (χ1n) is 6.66. The molecule has 0 saturated carbocycles. The van der Waals surface area contributed by atoms with Gasteiger partial charge in [-0.2, -0.15) is 14.4 Å². The van der Waals surface area contributed by atoms with E-state index in [-0.39, 0.29) is 17.1 Å². The Kier molecular flexibility index (Phi) is 3.92. The topological polar surface area (TPSA) is 91.0 Å². The van der Waals surface area contributed by atoms with E-state index in [0.29, 0.717) is 11.3 Å². The number of ether oxygens (including phenoxy) is 1.